The van der Waals surface area contributed by atoms with Crippen LogP contribution in [0.2, 0.25) is 0 Å². The molecule has 0 aliphatic rings. The molecule has 5 N–H and O–H groups in total. The first-order chi connectivity index (χ1) is 8.76. The van der Waals surface area contributed by atoms with Crippen molar-refractivity contribution in [2.75, 3.05) is 5.73 Å². The Balaban J connectivity index is 2.27. The fourth-order valence-electron chi connectivity index (χ4n) is 1.66. The van der Waals surface area contributed by atoms with E-state index in [4.69, 9.17) is 16.8 Å². The minimum atomic E-state index is 0.405. The topological polar surface area (TPSA) is 122 Å². The van der Waals surface area contributed by atoms with Crippen molar-refractivity contribution < 1.29 is 0 Å². The molecule has 92 valence electrons. The van der Waals surface area contributed by atoms with Crippen molar-refractivity contribution in [1.29, 1.82) is 5.26 Å². The number of nitrogens with two attached hydrogens (primary N) is 2. The second kappa shape index (κ2) is 5.05. The summed E-state index contributed by atoms with van der Waals surface area (Å²) in [6, 6.07) is 3.86. The van der Waals surface area contributed by atoms with E-state index < -0.39 is 0 Å². The van der Waals surface area contributed by atoms with Gasteiger partial charge in [0.05, 0.1) is 25.2 Å². The van der Waals surface area contributed by atoms with Gasteiger partial charge in [-0.2, -0.15) is 15.5 Å². The van der Waals surface area contributed by atoms with E-state index in [9.17, 15) is 0 Å². The molecule has 0 aromatic carbocycles. The van der Waals surface area contributed by atoms with Crippen LogP contribution in [0.4, 0.5) is 5.82 Å². The van der Waals surface area contributed by atoms with E-state index in [0.717, 1.165) is 11.1 Å². The number of nitrogens with zero attached hydrogens (tertiary/aromatic N) is 4. The van der Waals surface area contributed by atoms with Gasteiger partial charge in [0.2, 0.25) is 0 Å². The highest BCUT2D eigenvalue weighted by atomic mass is 15.3. The van der Waals surface area contributed by atoms with Crippen LogP contribution < -0.4 is 11.6 Å². The van der Waals surface area contributed by atoms with Crippen molar-refractivity contribution in [1.82, 2.24) is 14.8 Å². The maximum Gasteiger partial charge on any atom is 0.110 e. The Morgan fingerprint density at radius 1 is 1.61 bits per heavy atom. The Bertz CT molecular complexity index is 599. The fourth-order valence-corrected chi connectivity index (χ4v) is 1.66. The van der Waals surface area contributed by atoms with Gasteiger partial charge >= 0.3 is 0 Å². The van der Waals surface area contributed by atoms with E-state index in [1.54, 1.807) is 29.3 Å². The number of nitrogens with one attached hydrogen (secondary N) is 1. The van der Waals surface area contributed by atoms with Gasteiger partial charge in [0, 0.05) is 23.5 Å². The second-order valence-corrected chi connectivity index (χ2v) is 3.68. The first-order valence-electron chi connectivity index (χ1n) is 5.37. The quantitative estimate of drug-likeness (QED) is 0.409. The summed E-state index contributed by atoms with van der Waals surface area (Å²) >= 11 is 0. The molecule has 2 aromatic rings. The van der Waals surface area contributed by atoms with E-state index in [1.165, 1.54) is 0 Å². The van der Waals surface area contributed by atoms with Crippen LogP contribution in [0, 0.1) is 11.3 Å². The molecule has 7 nitrogen and oxygen atoms in total. The number of rotatable bonds is 4. The summed E-state index contributed by atoms with van der Waals surface area (Å²) in [5.74, 6) is 5.91. The molecule has 0 atom stereocenters. The molecule has 18 heavy (non-hydrogen) atoms. The standard InChI is InChI=1S/C11H13N7/c12-3-1-5-18-7-8(6-16-18)10(17-14)9-2-4-15-11(9)13/h2,4,6-7,15H,1,5,13-14H2/b17-10-. The minimum absolute atomic E-state index is 0.405. The highest BCUT2D eigenvalue weighted by molar-refractivity contribution is 6.15. The van der Waals surface area contributed by atoms with Gasteiger partial charge in [-0.3, -0.25) is 4.68 Å². The molecule has 0 fully saturated rings. The first-order valence-corrected chi connectivity index (χ1v) is 5.37. The predicted molar refractivity (Wildman–Crippen MR) is 67.5 cm³/mol. The number of nitriles is 1. The number of aromatic amines is 1. The van der Waals surface area contributed by atoms with Crippen molar-refractivity contribution in [2.24, 2.45) is 10.9 Å². The molecular formula is C11H13N7. The van der Waals surface area contributed by atoms with E-state index in [2.05, 4.69) is 21.3 Å². The lowest BCUT2D eigenvalue weighted by Gasteiger charge is -2.01. The van der Waals surface area contributed by atoms with Gasteiger partial charge in [-0.05, 0) is 6.07 Å². The molecule has 2 heterocycles. The maximum absolute atomic E-state index is 8.52. The smallest absolute Gasteiger partial charge is 0.110 e. The predicted octanol–water partition coefficient (Wildman–Crippen LogP) is 0.418. The summed E-state index contributed by atoms with van der Waals surface area (Å²) in [4.78, 5) is 2.87. The molecule has 0 spiro atoms. The lowest BCUT2D eigenvalue weighted by molar-refractivity contribution is 0.627. The molecule has 0 aliphatic carbocycles. The van der Waals surface area contributed by atoms with E-state index >= 15 is 0 Å². The number of aromatic nitrogens is 3. The summed E-state index contributed by atoms with van der Waals surface area (Å²) in [6.45, 7) is 0.539. The fraction of sp³-hybridized carbons (Fsp3) is 0.182. The largest absolute Gasteiger partial charge is 0.385 e. The number of nitrogen functional groups attached to an aromatic ring is 1. The molecule has 0 bridgehead atoms. The molecular weight excluding hydrogens is 230 g/mol. The Hall–Kier alpha value is -2.75. The van der Waals surface area contributed by atoms with Crippen LogP contribution in [-0.4, -0.2) is 20.5 Å². The molecule has 0 aliphatic heterocycles. The highest BCUT2D eigenvalue weighted by Crippen LogP contribution is 2.15. The van der Waals surface area contributed by atoms with E-state index in [-0.39, 0.29) is 0 Å². The molecule has 2 rings (SSSR count). The number of hydrogen-bond donors (Lipinski definition) is 3. The SMILES string of the molecule is N#CCCn1cc(/C(=N/N)c2cc[nH]c2N)cn1. The maximum atomic E-state index is 8.52. The summed E-state index contributed by atoms with van der Waals surface area (Å²) in [6.07, 6.45) is 5.56. The average Bonchev–Trinajstić information content (AvgIpc) is 2.99. The zero-order chi connectivity index (χ0) is 13.0. The zero-order valence-corrected chi connectivity index (χ0v) is 9.67. The van der Waals surface area contributed by atoms with Gasteiger partial charge in [0.25, 0.3) is 0 Å². The molecule has 0 amide bonds. The lowest BCUT2D eigenvalue weighted by atomic mass is 10.1. The third-order valence-electron chi connectivity index (χ3n) is 2.52. The van der Waals surface area contributed by atoms with Crippen LogP contribution in [0.25, 0.3) is 0 Å². The van der Waals surface area contributed by atoms with Gasteiger partial charge in [0.1, 0.15) is 11.5 Å². The molecule has 0 radical (unpaired) electrons. The van der Waals surface area contributed by atoms with Crippen LogP contribution in [-0.2, 0) is 6.54 Å². The zero-order valence-electron chi connectivity index (χ0n) is 9.67. The number of hydrogen-bond acceptors (Lipinski definition) is 5. The van der Waals surface area contributed by atoms with Crippen molar-refractivity contribution in [3.63, 3.8) is 0 Å². The van der Waals surface area contributed by atoms with Crippen molar-refractivity contribution >= 4 is 11.5 Å². The summed E-state index contributed by atoms with van der Waals surface area (Å²) in [5, 5.41) is 16.4. The van der Waals surface area contributed by atoms with Gasteiger partial charge in [-0.25, -0.2) is 0 Å². The lowest BCUT2D eigenvalue weighted by Crippen LogP contribution is -2.07. The molecule has 0 unspecified atom stereocenters. The van der Waals surface area contributed by atoms with Gasteiger partial charge < -0.3 is 16.6 Å². The van der Waals surface area contributed by atoms with Gasteiger partial charge in [-0.1, -0.05) is 0 Å². The van der Waals surface area contributed by atoms with E-state index in [0.29, 0.717) is 24.5 Å². The molecule has 7 heteroatoms. The third-order valence-corrected chi connectivity index (χ3v) is 2.52. The van der Waals surface area contributed by atoms with Crippen LogP contribution in [0.5, 0.6) is 0 Å². The third kappa shape index (κ3) is 2.17. The number of aryl methyl sites for hydroxylation is 1. The second-order valence-electron chi connectivity index (χ2n) is 3.68. The van der Waals surface area contributed by atoms with Crippen LogP contribution in [0.3, 0.4) is 0 Å². The summed E-state index contributed by atoms with van der Waals surface area (Å²) < 4.78 is 1.67. The number of hydrazone groups is 1. The van der Waals surface area contributed by atoms with Crippen molar-refractivity contribution in [3.05, 3.63) is 35.8 Å². The molecule has 0 saturated heterocycles. The minimum Gasteiger partial charge on any atom is -0.385 e. The van der Waals surface area contributed by atoms with Gasteiger partial charge in [-0.15, -0.1) is 0 Å². The van der Waals surface area contributed by atoms with Crippen LogP contribution >= 0.6 is 0 Å². The first kappa shape index (κ1) is 11.7. The Morgan fingerprint density at radius 2 is 2.44 bits per heavy atom. The molecule has 0 saturated carbocycles. The van der Waals surface area contributed by atoms with E-state index in [1.807, 2.05) is 0 Å². The highest BCUT2D eigenvalue weighted by Gasteiger charge is 2.13. The number of H-pyrrole nitrogens is 1. The Labute approximate surface area is 104 Å². The monoisotopic (exact) mass is 243 g/mol. The normalized spacial score (nSPS) is 11.4. The molecule has 2 aromatic heterocycles. The Morgan fingerprint density at radius 3 is 3.06 bits per heavy atom. The Kier molecular flexibility index (Phi) is 3.29. The van der Waals surface area contributed by atoms with Gasteiger partial charge in [0.15, 0.2) is 0 Å². The number of anilines is 1. The summed E-state index contributed by atoms with van der Waals surface area (Å²) in [5.41, 5.74) is 7.84. The van der Waals surface area contributed by atoms with Crippen LogP contribution in [0.1, 0.15) is 17.5 Å². The van der Waals surface area contributed by atoms with Crippen LogP contribution in [0.15, 0.2) is 29.8 Å². The van der Waals surface area contributed by atoms with Crippen molar-refractivity contribution in [2.45, 2.75) is 13.0 Å². The average molecular weight is 243 g/mol. The summed E-state index contributed by atoms with van der Waals surface area (Å²) in [7, 11) is 0. The van der Waals surface area contributed by atoms with Crippen molar-refractivity contribution in [3.8, 4) is 6.07 Å².